The monoisotopic (exact) mass is 305 g/mol. The molecule has 0 unspecified atom stereocenters. The van der Waals surface area contributed by atoms with Crippen LogP contribution >= 0.6 is 11.6 Å². The maximum Gasteiger partial charge on any atom is 0.417 e. The van der Waals surface area contributed by atoms with Gasteiger partial charge in [0.05, 0.1) is 10.6 Å². The Balaban J connectivity index is 2.48. The fraction of sp³-hybridized carbons (Fsp3) is 0.333. The van der Waals surface area contributed by atoms with Crippen LogP contribution in [0.1, 0.15) is 5.56 Å². The molecule has 0 saturated heterocycles. The van der Waals surface area contributed by atoms with Gasteiger partial charge in [0, 0.05) is 31.9 Å². The first-order chi connectivity index (χ1) is 9.20. The zero-order valence-corrected chi connectivity index (χ0v) is 11.5. The van der Waals surface area contributed by atoms with Gasteiger partial charge in [0.2, 0.25) is 5.91 Å². The Morgan fingerprint density at radius 1 is 1.45 bits per heavy atom. The Hall–Kier alpha value is -1.76. The molecular weight excluding hydrogens is 295 g/mol. The van der Waals surface area contributed by atoms with E-state index in [1.807, 2.05) is 0 Å². The van der Waals surface area contributed by atoms with Crippen LogP contribution in [0.15, 0.2) is 18.5 Å². The van der Waals surface area contributed by atoms with Gasteiger partial charge in [0.15, 0.2) is 0 Å². The number of aromatic nitrogens is 2. The number of carbonyl (C=O) groups excluding carboxylic acids is 1. The first-order valence-corrected chi connectivity index (χ1v) is 5.99. The van der Waals surface area contributed by atoms with Crippen molar-refractivity contribution in [2.24, 2.45) is 0 Å². The number of hydrogen-bond acceptors (Lipinski definition) is 2. The summed E-state index contributed by atoms with van der Waals surface area (Å²) in [6.45, 7) is -0.0332. The molecular formula is C12H11ClF3N3O. The molecule has 0 fully saturated rings. The van der Waals surface area contributed by atoms with Crippen LogP contribution in [0.3, 0.4) is 0 Å². The standard InChI is InChI=1S/C12H11ClF3N3O/c1-18(2)10(20)6-19-5-9(13)8-3-7(12(14,15)16)4-17-11(8)19/h3-5H,6H2,1-2H3. The fourth-order valence-corrected chi connectivity index (χ4v) is 1.95. The summed E-state index contributed by atoms with van der Waals surface area (Å²) in [6, 6.07) is 0.932. The second-order valence-electron chi connectivity index (χ2n) is 4.49. The van der Waals surface area contributed by atoms with E-state index in [0.29, 0.717) is 0 Å². The van der Waals surface area contributed by atoms with Gasteiger partial charge in [-0.25, -0.2) is 4.98 Å². The van der Waals surface area contributed by atoms with Crippen molar-refractivity contribution in [1.29, 1.82) is 0 Å². The molecule has 0 aliphatic rings. The number of pyridine rings is 1. The van der Waals surface area contributed by atoms with Crippen LogP contribution in [-0.2, 0) is 17.5 Å². The predicted octanol–water partition coefficient (Wildman–Crippen LogP) is 2.80. The van der Waals surface area contributed by atoms with Crippen LogP contribution in [-0.4, -0.2) is 34.5 Å². The summed E-state index contributed by atoms with van der Waals surface area (Å²) in [7, 11) is 3.18. The fourth-order valence-electron chi connectivity index (χ4n) is 1.69. The number of rotatable bonds is 2. The quantitative estimate of drug-likeness (QED) is 0.855. The first kappa shape index (κ1) is 14.6. The van der Waals surface area contributed by atoms with Gasteiger partial charge in [-0.05, 0) is 6.07 Å². The molecule has 0 spiro atoms. The third kappa shape index (κ3) is 2.72. The lowest BCUT2D eigenvalue weighted by atomic mass is 10.2. The van der Waals surface area contributed by atoms with Gasteiger partial charge in [0.1, 0.15) is 12.2 Å². The van der Waals surface area contributed by atoms with E-state index in [-0.39, 0.29) is 28.5 Å². The minimum Gasteiger partial charge on any atom is -0.347 e. The summed E-state index contributed by atoms with van der Waals surface area (Å²) in [6.07, 6.45) is -2.35. The number of alkyl halides is 3. The molecule has 2 rings (SSSR count). The smallest absolute Gasteiger partial charge is 0.347 e. The van der Waals surface area contributed by atoms with Crippen molar-refractivity contribution in [1.82, 2.24) is 14.5 Å². The molecule has 0 aromatic carbocycles. The van der Waals surface area contributed by atoms with Crippen molar-refractivity contribution in [3.05, 3.63) is 29.0 Å². The molecule has 2 aromatic heterocycles. The highest BCUT2D eigenvalue weighted by molar-refractivity contribution is 6.35. The molecule has 0 N–H and O–H groups in total. The minimum absolute atomic E-state index is 0.0332. The highest BCUT2D eigenvalue weighted by Crippen LogP contribution is 2.33. The Bertz CT molecular complexity index is 664. The normalized spacial score (nSPS) is 11.9. The van der Waals surface area contributed by atoms with Crippen LogP contribution in [0.5, 0.6) is 0 Å². The number of likely N-dealkylation sites (N-methyl/N-ethyl adjacent to an activating group) is 1. The average Bonchev–Trinajstić information content (AvgIpc) is 2.65. The number of fused-ring (bicyclic) bond motifs is 1. The Morgan fingerprint density at radius 2 is 2.10 bits per heavy atom. The van der Waals surface area contributed by atoms with Crippen molar-refractivity contribution in [3.8, 4) is 0 Å². The second-order valence-corrected chi connectivity index (χ2v) is 4.89. The van der Waals surface area contributed by atoms with E-state index in [2.05, 4.69) is 4.98 Å². The molecule has 0 radical (unpaired) electrons. The van der Waals surface area contributed by atoms with Gasteiger partial charge in [-0.1, -0.05) is 11.6 Å². The zero-order chi connectivity index (χ0) is 15.1. The third-order valence-electron chi connectivity index (χ3n) is 2.80. The van der Waals surface area contributed by atoms with E-state index in [0.717, 1.165) is 12.3 Å². The maximum atomic E-state index is 12.6. The maximum absolute atomic E-state index is 12.6. The molecule has 0 aliphatic carbocycles. The molecule has 20 heavy (non-hydrogen) atoms. The number of halogens is 4. The van der Waals surface area contributed by atoms with Gasteiger partial charge < -0.3 is 9.47 Å². The summed E-state index contributed by atoms with van der Waals surface area (Å²) >= 11 is 5.91. The van der Waals surface area contributed by atoms with Gasteiger partial charge in [0.25, 0.3) is 0 Å². The second kappa shape index (κ2) is 4.97. The van der Waals surface area contributed by atoms with Gasteiger partial charge in [-0.3, -0.25) is 4.79 Å². The molecule has 108 valence electrons. The summed E-state index contributed by atoms with van der Waals surface area (Å²) in [5, 5.41) is 0.304. The Kier molecular flexibility index (Phi) is 3.64. The van der Waals surface area contributed by atoms with Gasteiger partial charge in [-0.15, -0.1) is 0 Å². The summed E-state index contributed by atoms with van der Waals surface area (Å²) in [5.74, 6) is -0.208. The zero-order valence-electron chi connectivity index (χ0n) is 10.7. The van der Waals surface area contributed by atoms with E-state index in [1.54, 1.807) is 14.1 Å². The van der Waals surface area contributed by atoms with Crippen molar-refractivity contribution < 1.29 is 18.0 Å². The highest BCUT2D eigenvalue weighted by atomic mass is 35.5. The third-order valence-corrected chi connectivity index (χ3v) is 3.10. The molecule has 0 saturated carbocycles. The van der Waals surface area contributed by atoms with Crippen LogP contribution in [0, 0.1) is 0 Å². The van der Waals surface area contributed by atoms with E-state index in [9.17, 15) is 18.0 Å². The predicted molar refractivity (Wildman–Crippen MR) is 68.4 cm³/mol. The van der Waals surface area contributed by atoms with Crippen molar-refractivity contribution in [2.75, 3.05) is 14.1 Å². The van der Waals surface area contributed by atoms with E-state index < -0.39 is 11.7 Å². The molecule has 0 aliphatic heterocycles. The first-order valence-electron chi connectivity index (χ1n) is 5.62. The Labute approximate surface area is 117 Å². The van der Waals surface area contributed by atoms with Crippen LogP contribution in [0.2, 0.25) is 5.02 Å². The topological polar surface area (TPSA) is 38.1 Å². The van der Waals surface area contributed by atoms with E-state index in [1.165, 1.54) is 15.7 Å². The largest absolute Gasteiger partial charge is 0.417 e. The molecule has 8 heteroatoms. The molecule has 2 heterocycles. The highest BCUT2D eigenvalue weighted by Gasteiger charge is 2.31. The van der Waals surface area contributed by atoms with Crippen molar-refractivity contribution in [2.45, 2.75) is 12.7 Å². The molecule has 2 aromatic rings. The van der Waals surface area contributed by atoms with Crippen LogP contribution in [0.25, 0.3) is 11.0 Å². The van der Waals surface area contributed by atoms with Crippen LogP contribution in [0.4, 0.5) is 13.2 Å². The minimum atomic E-state index is -4.48. The lowest BCUT2D eigenvalue weighted by molar-refractivity contribution is -0.137. The number of hydrogen-bond donors (Lipinski definition) is 0. The van der Waals surface area contributed by atoms with Crippen LogP contribution < -0.4 is 0 Å². The summed E-state index contributed by atoms with van der Waals surface area (Å²) in [4.78, 5) is 16.8. The van der Waals surface area contributed by atoms with Crippen molar-refractivity contribution in [3.63, 3.8) is 0 Å². The van der Waals surface area contributed by atoms with Crippen molar-refractivity contribution >= 4 is 28.5 Å². The lowest BCUT2D eigenvalue weighted by Crippen LogP contribution is -2.26. The summed E-state index contributed by atoms with van der Waals surface area (Å²) in [5.41, 5.74) is -0.623. The SMILES string of the molecule is CN(C)C(=O)Cn1cc(Cl)c2cc(C(F)(F)F)cnc21. The van der Waals surface area contributed by atoms with Gasteiger partial charge >= 0.3 is 6.18 Å². The number of nitrogens with zero attached hydrogens (tertiary/aromatic N) is 3. The Morgan fingerprint density at radius 3 is 2.65 bits per heavy atom. The molecule has 1 amide bonds. The van der Waals surface area contributed by atoms with E-state index >= 15 is 0 Å². The number of carbonyl (C=O) groups is 1. The average molecular weight is 306 g/mol. The molecule has 4 nitrogen and oxygen atoms in total. The lowest BCUT2D eigenvalue weighted by Gasteiger charge is -2.11. The number of amides is 1. The van der Waals surface area contributed by atoms with E-state index in [4.69, 9.17) is 11.6 Å². The molecule has 0 atom stereocenters. The molecule has 0 bridgehead atoms. The summed E-state index contributed by atoms with van der Waals surface area (Å²) < 4.78 is 39.3. The van der Waals surface area contributed by atoms with Gasteiger partial charge in [-0.2, -0.15) is 13.2 Å².